The van der Waals surface area contributed by atoms with Crippen LogP contribution in [0.5, 0.6) is 0 Å². The molecule has 204 valence electrons. The molecule has 2 N–H and O–H groups in total. The van der Waals surface area contributed by atoms with Crippen molar-refractivity contribution in [3.05, 3.63) is 108 Å². The smallest absolute Gasteiger partial charge is 0.408 e. The second-order valence-corrected chi connectivity index (χ2v) is 10.2. The van der Waals surface area contributed by atoms with Crippen molar-refractivity contribution < 1.29 is 19.1 Å². The molecule has 4 rings (SSSR count). The van der Waals surface area contributed by atoms with E-state index < -0.39 is 18.0 Å². The standard InChI is InChI=1S/C31H36N4O4/c1-23(2)18-28-30(37)35(22-34(28)20-25-14-8-4-9-15-25)33-29(36)27(19-24-12-6-3-7-13-24)32-31(38)39-21-26-16-10-5-11-17-26/h3-17,23,27-28H,18-22H2,1-2H3,(H,32,38)(H,33,36). The van der Waals surface area contributed by atoms with E-state index in [2.05, 4.69) is 29.5 Å². The number of carbonyl (C=O) groups is 3. The molecule has 0 radical (unpaired) electrons. The summed E-state index contributed by atoms with van der Waals surface area (Å²) >= 11 is 0. The maximum atomic E-state index is 13.5. The van der Waals surface area contributed by atoms with Gasteiger partial charge in [0.15, 0.2) is 0 Å². The first-order chi connectivity index (χ1) is 18.9. The second-order valence-electron chi connectivity index (χ2n) is 10.2. The fraction of sp³-hybridized carbons (Fsp3) is 0.323. The quantitative estimate of drug-likeness (QED) is 0.388. The Balaban J connectivity index is 1.44. The third-order valence-electron chi connectivity index (χ3n) is 6.59. The molecule has 8 heteroatoms. The van der Waals surface area contributed by atoms with Crippen LogP contribution in [0, 0.1) is 5.92 Å². The zero-order chi connectivity index (χ0) is 27.6. The van der Waals surface area contributed by atoms with Crippen LogP contribution in [0.1, 0.15) is 37.0 Å². The number of hydrogen-bond acceptors (Lipinski definition) is 5. The summed E-state index contributed by atoms with van der Waals surface area (Å²) in [5.74, 6) is -0.327. The lowest BCUT2D eigenvalue weighted by molar-refractivity contribution is -0.139. The van der Waals surface area contributed by atoms with Crippen molar-refractivity contribution in [3.63, 3.8) is 0 Å². The number of nitrogens with one attached hydrogen (secondary N) is 2. The predicted molar refractivity (Wildman–Crippen MR) is 149 cm³/mol. The Labute approximate surface area is 229 Å². The molecular formula is C31H36N4O4. The summed E-state index contributed by atoms with van der Waals surface area (Å²) in [4.78, 5) is 41.6. The average Bonchev–Trinajstić information content (AvgIpc) is 3.21. The van der Waals surface area contributed by atoms with Gasteiger partial charge in [-0.15, -0.1) is 0 Å². The van der Waals surface area contributed by atoms with Gasteiger partial charge in [0.05, 0.1) is 12.7 Å². The predicted octanol–water partition coefficient (Wildman–Crippen LogP) is 4.27. The van der Waals surface area contributed by atoms with Gasteiger partial charge in [-0.3, -0.25) is 19.9 Å². The summed E-state index contributed by atoms with van der Waals surface area (Å²) in [5.41, 5.74) is 5.59. The molecule has 0 aliphatic carbocycles. The largest absolute Gasteiger partial charge is 0.445 e. The molecule has 1 saturated heterocycles. The van der Waals surface area contributed by atoms with Crippen LogP contribution in [0.25, 0.3) is 0 Å². The van der Waals surface area contributed by atoms with Crippen LogP contribution in [0.2, 0.25) is 0 Å². The molecule has 3 aromatic carbocycles. The highest BCUT2D eigenvalue weighted by Gasteiger charge is 2.40. The van der Waals surface area contributed by atoms with Gasteiger partial charge < -0.3 is 10.1 Å². The van der Waals surface area contributed by atoms with Gasteiger partial charge in [-0.2, -0.15) is 0 Å². The third kappa shape index (κ3) is 8.15. The topological polar surface area (TPSA) is 91.0 Å². The van der Waals surface area contributed by atoms with Crippen LogP contribution in [0.4, 0.5) is 4.79 Å². The molecule has 2 atom stereocenters. The summed E-state index contributed by atoms with van der Waals surface area (Å²) in [7, 11) is 0. The van der Waals surface area contributed by atoms with Gasteiger partial charge in [0, 0.05) is 13.0 Å². The molecule has 39 heavy (non-hydrogen) atoms. The molecule has 0 saturated carbocycles. The van der Waals surface area contributed by atoms with Crippen molar-refractivity contribution in [2.24, 2.45) is 5.92 Å². The van der Waals surface area contributed by atoms with E-state index in [0.717, 1.165) is 16.7 Å². The zero-order valence-electron chi connectivity index (χ0n) is 22.5. The zero-order valence-corrected chi connectivity index (χ0v) is 22.5. The first-order valence-electron chi connectivity index (χ1n) is 13.3. The van der Waals surface area contributed by atoms with E-state index in [-0.39, 0.29) is 31.6 Å². The lowest BCUT2D eigenvalue weighted by Gasteiger charge is -2.23. The Morgan fingerprint density at radius 2 is 1.44 bits per heavy atom. The monoisotopic (exact) mass is 528 g/mol. The number of amides is 3. The molecule has 0 spiro atoms. The van der Waals surface area contributed by atoms with Crippen molar-refractivity contribution in [3.8, 4) is 0 Å². The van der Waals surface area contributed by atoms with Crippen LogP contribution in [0.3, 0.4) is 0 Å². The molecular weight excluding hydrogens is 492 g/mol. The van der Waals surface area contributed by atoms with Crippen LogP contribution in [0.15, 0.2) is 91.0 Å². The highest BCUT2D eigenvalue weighted by atomic mass is 16.5. The van der Waals surface area contributed by atoms with Gasteiger partial charge in [0.25, 0.3) is 11.8 Å². The Morgan fingerprint density at radius 1 is 0.872 bits per heavy atom. The highest BCUT2D eigenvalue weighted by Crippen LogP contribution is 2.22. The number of carbonyl (C=O) groups excluding carboxylic acids is 3. The minimum atomic E-state index is -0.935. The molecule has 8 nitrogen and oxygen atoms in total. The van der Waals surface area contributed by atoms with Gasteiger partial charge in [0.2, 0.25) is 0 Å². The summed E-state index contributed by atoms with van der Waals surface area (Å²) in [6.45, 7) is 5.09. The molecule has 1 aliphatic rings. The number of rotatable bonds is 11. The highest BCUT2D eigenvalue weighted by molar-refractivity contribution is 5.90. The lowest BCUT2D eigenvalue weighted by Crippen LogP contribution is -2.54. The average molecular weight is 529 g/mol. The molecule has 3 amide bonds. The molecule has 1 aliphatic heterocycles. The van der Waals surface area contributed by atoms with Crippen LogP contribution < -0.4 is 10.7 Å². The SMILES string of the molecule is CC(C)CC1C(=O)N(NC(=O)C(Cc2ccccc2)NC(=O)OCc2ccccc2)CN1Cc1ccccc1. The van der Waals surface area contributed by atoms with Crippen molar-refractivity contribution in [2.75, 3.05) is 6.67 Å². The minimum Gasteiger partial charge on any atom is -0.445 e. The molecule has 2 unspecified atom stereocenters. The number of benzene rings is 3. The van der Waals surface area contributed by atoms with E-state index in [1.807, 2.05) is 91.0 Å². The maximum absolute atomic E-state index is 13.5. The summed E-state index contributed by atoms with van der Waals surface area (Å²) in [6, 6.07) is 27.4. The fourth-order valence-electron chi connectivity index (χ4n) is 4.63. The lowest BCUT2D eigenvalue weighted by atomic mass is 10.0. The van der Waals surface area contributed by atoms with E-state index in [1.165, 1.54) is 5.01 Å². The van der Waals surface area contributed by atoms with Crippen molar-refractivity contribution >= 4 is 17.9 Å². The van der Waals surface area contributed by atoms with Crippen molar-refractivity contribution in [1.82, 2.24) is 20.7 Å². The first kappa shape index (κ1) is 27.9. The summed E-state index contributed by atoms with van der Waals surface area (Å²) in [5, 5.41) is 4.06. The van der Waals surface area contributed by atoms with Gasteiger partial charge in [-0.1, -0.05) is 105 Å². The number of hydrogen-bond donors (Lipinski definition) is 2. The van der Waals surface area contributed by atoms with Gasteiger partial charge >= 0.3 is 6.09 Å². The third-order valence-corrected chi connectivity index (χ3v) is 6.59. The van der Waals surface area contributed by atoms with E-state index in [1.54, 1.807) is 0 Å². The molecule has 1 fully saturated rings. The fourth-order valence-corrected chi connectivity index (χ4v) is 4.63. The first-order valence-corrected chi connectivity index (χ1v) is 13.3. The molecule has 0 bridgehead atoms. The van der Waals surface area contributed by atoms with E-state index in [0.29, 0.717) is 18.9 Å². The van der Waals surface area contributed by atoms with Crippen LogP contribution >= 0.6 is 0 Å². The Hall–Kier alpha value is -4.17. The number of alkyl carbamates (subject to hydrolysis) is 1. The molecule has 1 heterocycles. The summed E-state index contributed by atoms with van der Waals surface area (Å²) in [6.07, 6.45) is 0.222. The van der Waals surface area contributed by atoms with Crippen molar-refractivity contribution in [2.45, 2.75) is 51.9 Å². The Kier molecular flexibility index (Phi) is 9.69. The van der Waals surface area contributed by atoms with Gasteiger partial charge in [-0.25, -0.2) is 9.80 Å². The maximum Gasteiger partial charge on any atom is 0.408 e. The number of ether oxygens (including phenoxy) is 1. The summed E-state index contributed by atoms with van der Waals surface area (Å²) < 4.78 is 5.36. The van der Waals surface area contributed by atoms with Crippen LogP contribution in [-0.2, 0) is 33.9 Å². The van der Waals surface area contributed by atoms with Crippen LogP contribution in [-0.4, -0.2) is 46.6 Å². The number of hydrazine groups is 1. The van der Waals surface area contributed by atoms with Gasteiger partial charge in [-0.05, 0) is 29.0 Å². The Morgan fingerprint density at radius 3 is 2.03 bits per heavy atom. The minimum absolute atomic E-state index is 0.0856. The van der Waals surface area contributed by atoms with E-state index in [9.17, 15) is 14.4 Å². The molecule has 0 aromatic heterocycles. The molecule has 3 aromatic rings. The van der Waals surface area contributed by atoms with E-state index in [4.69, 9.17) is 4.74 Å². The normalized spacial score (nSPS) is 16.2. The van der Waals surface area contributed by atoms with Gasteiger partial charge in [0.1, 0.15) is 12.6 Å². The Bertz CT molecular complexity index is 1220. The second kappa shape index (κ2) is 13.6. The number of nitrogens with zero attached hydrogens (tertiary/aromatic N) is 2. The van der Waals surface area contributed by atoms with Crippen molar-refractivity contribution in [1.29, 1.82) is 0 Å². The van der Waals surface area contributed by atoms with E-state index >= 15 is 0 Å².